The van der Waals surface area contributed by atoms with Crippen LogP contribution in [0.15, 0.2) is 41.8 Å². The van der Waals surface area contributed by atoms with E-state index in [9.17, 15) is 14.4 Å². The maximum absolute atomic E-state index is 12.5. The Balaban J connectivity index is 1.48. The van der Waals surface area contributed by atoms with Gasteiger partial charge in [0.25, 0.3) is 11.8 Å². The third kappa shape index (κ3) is 3.39. The Hall–Kier alpha value is -2.75. The van der Waals surface area contributed by atoms with Gasteiger partial charge < -0.3 is 15.8 Å². The predicted molar refractivity (Wildman–Crippen MR) is 114 cm³/mol. The van der Waals surface area contributed by atoms with Crippen molar-refractivity contribution in [2.45, 2.75) is 13.0 Å². The van der Waals surface area contributed by atoms with E-state index in [-0.39, 0.29) is 5.56 Å². The summed E-state index contributed by atoms with van der Waals surface area (Å²) in [6.45, 7) is 1.48. The molecule has 4 aromatic rings. The van der Waals surface area contributed by atoms with E-state index in [1.807, 2.05) is 24.3 Å². The summed E-state index contributed by atoms with van der Waals surface area (Å²) in [5.41, 5.74) is 5.49. The van der Waals surface area contributed by atoms with Crippen LogP contribution >= 0.6 is 34.0 Å². The summed E-state index contributed by atoms with van der Waals surface area (Å²) in [6, 6.07) is 11.3. The molecule has 0 aliphatic carbocycles. The fourth-order valence-electron chi connectivity index (χ4n) is 2.69. The van der Waals surface area contributed by atoms with Crippen molar-refractivity contribution in [3.8, 4) is 0 Å². The van der Waals surface area contributed by atoms with Crippen molar-refractivity contribution in [1.82, 2.24) is 0 Å². The molecule has 3 heterocycles. The number of nitrogens with one attached hydrogen (secondary N) is 1. The number of esters is 1. The molecule has 3 N–H and O–H groups in total. The zero-order valence-corrected chi connectivity index (χ0v) is 17.0. The van der Waals surface area contributed by atoms with Crippen LogP contribution in [0.3, 0.4) is 0 Å². The Bertz CT molecular complexity index is 1220. The first-order chi connectivity index (χ1) is 13.4. The number of primary amides is 1. The number of nitrogens with two attached hydrogens (primary N) is 1. The fraction of sp³-hybridized carbons (Fsp3) is 0.105. The monoisotopic (exact) mass is 430 g/mol. The highest BCUT2D eigenvalue weighted by molar-refractivity contribution is 7.33. The molecule has 1 aromatic carbocycles. The Kier molecular flexibility index (Phi) is 4.88. The van der Waals surface area contributed by atoms with Crippen molar-refractivity contribution in [3.63, 3.8) is 0 Å². The van der Waals surface area contributed by atoms with Gasteiger partial charge >= 0.3 is 5.97 Å². The number of carbonyl (C=O) groups is 3. The minimum atomic E-state index is -1.02. The quantitative estimate of drug-likeness (QED) is 0.457. The van der Waals surface area contributed by atoms with Gasteiger partial charge in [-0.25, -0.2) is 4.79 Å². The fourth-order valence-corrected chi connectivity index (χ4v) is 5.89. The average molecular weight is 431 g/mol. The summed E-state index contributed by atoms with van der Waals surface area (Å²) in [5.74, 6) is -1.71. The summed E-state index contributed by atoms with van der Waals surface area (Å²) in [4.78, 5) is 36.6. The number of anilines is 1. The van der Waals surface area contributed by atoms with E-state index in [2.05, 4.69) is 5.32 Å². The van der Waals surface area contributed by atoms with E-state index >= 15 is 0 Å². The van der Waals surface area contributed by atoms with Crippen LogP contribution in [-0.2, 0) is 9.53 Å². The minimum Gasteiger partial charge on any atom is -0.448 e. The van der Waals surface area contributed by atoms with Crippen molar-refractivity contribution in [1.29, 1.82) is 0 Å². The van der Waals surface area contributed by atoms with Crippen LogP contribution in [-0.4, -0.2) is 23.9 Å². The second-order valence-electron chi connectivity index (χ2n) is 5.97. The van der Waals surface area contributed by atoms with Gasteiger partial charge in [0.1, 0.15) is 9.88 Å². The Morgan fingerprint density at radius 1 is 1.11 bits per heavy atom. The van der Waals surface area contributed by atoms with Crippen LogP contribution in [0.25, 0.3) is 19.5 Å². The molecule has 28 heavy (non-hydrogen) atoms. The standard InChI is InChI=1S/C19H14N2O4S3/c1-9(17(23)21-18-11(16(20)22)6-7-26-18)25-19(24)14-8-13-15(28-14)10-4-2-3-5-12(10)27-13/h2-9H,1H3,(H2,20,22)(H,21,23). The number of fused-ring (bicyclic) bond motifs is 3. The van der Waals surface area contributed by atoms with Crippen molar-refractivity contribution in [3.05, 3.63) is 52.2 Å². The van der Waals surface area contributed by atoms with Crippen LogP contribution in [0.5, 0.6) is 0 Å². The van der Waals surface area contributed by atoms with Gasteiger partial charge in [0.2, 0.25) is 0 Å². The van der Waals surface area contributed by atoms with Crippen molar-refractivity contribution in [2.75, 3.05) is 5.32 Å². The van der Waals surface area contributed by atoms with Crippen molar-refractivity contribution < 1.29 is 19.1 Å². The van der Waals surface area contributed by atoms with Crippen LogP contribution in [0.1, 0.15) is 27.0 Å². The van der Waals surface area contributed by atoms with E-state index in [1.54, 1.807) is 22.8 Å². The second-order valence-corrected chi connectivity index (χ2v) is 9.02. The molecule has 0 aliphatic rings. The van der Waals surface area contributed by atoms with Gasteiger partial charge in [0, 0.05) is 14.8 Å². The van der Waals surface area contributed by atoms with Crippen LogP contribution in [0, 0.1) is 0 Å². The highest BCUT2D eigenvalue weighted by atomic mass is 32.1. The largest absolute Gasteiger partial charge is 0.448 e. The number of hydrogen-bond acceptors (Lipinski definition) is 7. The molecule has 6 nitrogen and oxygen atoms in total. The first-order valence-electron chi connectivity index (χ1n) is 8.24. The summed E-state index contributed by atoms with van der Waals surface area (Å²) in [7, 11) is 0. The van der Waals surface area contributed by atoms with Gasteiger partial charge in [0.05, 0.1) is 10.3 Å². The van der Waals surface area contributed by atoms with Crippen LogP contribution in [0.4, 0.5) is 5.00 Å². The summed E-state index contributed by atoms with van der Waals surface area (Å²) in [5, 5.41) is 5.67. The number of thiophene rings is 3. The highest BCUT2D eigenvalue weighted by Gasteiger charge is 2.23. The van der Waals surface area contributed by atoms with Gasteiger partial charge in [-0.3, -0.25) is 9.59 Å². The molecule has 0 aliphatic heterocycles. The number of rotatable bonds is 5. The highest BCUT2D eigenvalue weighted by Crippen LogP contribution is 2.39. The molecule has 4 rings (SSSR count). The van der Waals surface area contributed by atoms with Crippen LogP contribution in [0.2, 0.25) is 0 Å². The maximum atomic E-state index is 12.5. The number of benzene rings is 1. The molecule has 1 atom stereocenters. The van der Waals surface area contributed by atoms with Crippen molar-refractivity contribution in [2.24, 2.45) is 5.73 Å². The third-order valence-electron chi connectivity index (χ3n) is 4.07. The Morgan fingerprint density at radius 2 is 1.89 bits per heavy atom. The van der Waals surface area contributed by atoms with Gasteiger partial charge in [-0.2, -0.15) is 0 Å². The zero-order valence-electron chi connectivity index (χ0n) is 14.6. The lowest BCUT2D eigenvalue weighted by atomic mass is 10.2. The number of hydrogen-bond donors (Lipinski definition) is 2. The first kappa shape index (κ1) is 18.6. The Labute approximate surface area is 171 Å². The van der Waals surface area contributed by atoms with E-state index in [4.69, 9.17) is 10.5 Å². The predicted octanol–water partition coefficient (Wildman–Crippen LogP) is 4.46. The number of carbonyl (C=O) groups excluding carboxylic acids is 3. The third-order valence-corrected chi connectivity index (χ3v) is 7.30. The van der Waals surface area contributed by atoms with Crippen LogP contribution < -0.4 is 11.1 Å². The molecule has 9 heteroatoms. The van der Waals surface area contributed by atoms with Gasteiger partial charge in [0.15, 0.2) is 6.10 Å². The normalized spacial score (nSPS) is 12.2. The van der Waals surface area contributed by atoms with Gasteiger partial charge in [-0.15, -0.1) is 34.0 Å². The number of ether oxygens (including phenoxy) is 1. The zero-order chi connectivity index (χ0) is 19.8. The van der Waals surface area contributed by atoms with Gasteiger partial charge in [-0.05, 0) is 30.5 Å². The number of amides is 2. The lowest BCUT2D eigenvalue weighted by molar-refractivity contribution is -0.123. The molecule has 0 saturated heterocycles. The molecule has 142 valence electrons. The molecule has 0 spiro atoms. The second kappa shape index (κ2) is 7.34. The van der Waals surface area contributed by atoms with Gasteiger partial charge in [-0.1, -0.05) is 18.2 Å². The molecule has 0 fully saturated rings. The molecule has 0 bridgehead atoms. The molecule has 0 radical (unpaired) electrons. The first-order valence-corrected chi connectivity index (χ1v) is 10.8. The molecule has 0 saturated carbocycles. The van der Waals surface area contributed by atoms with E-state index in [1.165, 1.54) is 35.7 Å². The molecular weight excluding hydrogens is 416 g/mol. The summed E-state index contributed by atoms with van der Waals surface area (Å²) < 4.78 is 8.53. The molecule has 2 amide bonds. The average Bonchev–Trinajstić information content (AvgIpc) is 3.35. The smallest absolute Gasteiger partial charge is 0.349 e. The maximum Gasteiger partial charge on any atom is 0.349 e. The molecule has 1 unspecified atom stereocenters. The topological polar surface area (TPSA) is 98.5 Å². The SMILES string of the molecule is CC(OC(=O)c1cc2sc3ccccc3c2s1)C(=O)Nc1sccc1C(N)=O. The minimum absolute atomic E-state index is 0.224. The summed E-state index contributed by atoms with van der Waals surface area (Å²) in [6.07, 6.45) is -1.02. The van der Waals surface area contributed by atoms with E-state index in [0.29, 0.717) is 9.88 Å². The van der Waals surface area contributed by atoms with E-state index < -0.39 is 23.9 Å². The lowest BCUT2D eigenvalue weighted by Gasteiger charge is -2.12. The van der Waals surface area contributed by atoms with Crippen molar-refractivity contribution >= 4 is 76.3 Å². The Morgan fingerprint density at radius 3 is 2.68 bits per heavy atom. The lowest BCUT2D eigenvalue weighted by Crippen LogP contribution is -2.30. The summed E-state index contributed by atoms with van der Waals surface area (Å²) >= 11 is 4.14. The molecule has 3 aromatic heterocycles. The van der Waals surface area contributed by atoms with E-state index in [0.717, 1.165) is 19.5 Å². The molecular formula is C19H14N2O4S3.